The van der Waals surface area contributed by atoms with Crippen LogP contribution in [0.4, 0.5) is 0 Å². The van der Waals surface area contributed by atoms with Crippen LogP contribution in [-0.4, -0.2) is 37.2 Å². The van der Waals surface area contributed by atoms with E-state index in [4.69, 9.17) is 14.2 Å². The number of rotatable bonds is 56. The molecule has 0 aliphatic heterocycles. The smallest absolute Gasteiger partial charge is 0.306 e. The maximum Gasteiger partial charge on any atom is 0.306 e. The summed E-state index contributed by atoms with van der Waals surface area (Å²) in [5, 5.41) is 0. The molecule has 0 aliphatic carbocycles. The highest BCUT2D eigenvalue weighted by molar-refractivity contribution is 5.71. The van der Waals surface area contributed by atoms with E-state index in [2.05, 4.69) is 57.2 Å². The molecule has 0 saturated carbocycles. The maximum atomic E-state index is 12.8. The summed E-state index contributed by atoms with van der Waals surface area (Å²) in [5.74, 6) is -0.868. The van der Waals surface area contributed by atoms with Crippen LogP contribution in [-0.2, 0) is 28.6 Å². The van der Waals surface area contributed by atoms with Crippen molar-refractivity contribution in [1.82, 2.24) is 0 Å². The van der Waals surface area contributed by atoms with Crippen molar-refractivity contribution in [3.05, 3.63) is 36.5 Å². The SMILES string of the molecule is CC/C=C\C/C=C\C/C=C\CCCCCCCCCC(=O)OC(COC(=O)CCCCCCCCCC)COC(=O)CCCCCCCCCCCCCCCCCCCCCCCCCCCC. The number of allylic oxidation sites excluding steroid dienone is 6. The molecule has 0 saturated heterocycles. The van der Waals surface area contributed by atoms with E-state index in [0.29, 0.717) is 19.3 Å². The van der Waals surface area contributed by atoms with Gasteiger partial charge in [0, 0.05) is 19.3 Å². The fourth-order valence-electron chi connectivity index (χ4n) is 9.11. The van der Waals surface area contributed by atoms with E-state index in [9.17, 15) is 14.4 Å². The molecule has 0 bridgehead atoms. The van der Waals surface area contributed by atoms with Crippen molar-refractivity contribution >= 4 is 17.9 Å². The quantitative estimate of drug-likeness (QED) is 0.0261. The second-order valence-corrected chi connectivity index (χ2v) is 20.6. The van der Waals surface area contributed by atoms with E-state index >= 15 is 0 Å². The van der Waals surface area contributed by atoms with Crippen LogP contribution in [0, 0.1) is 0 Å². The average Bonchev–Trinajstić information content (AvgIpc) is 3.35. The van der Waals surface area contributed by atoms with E-state index in [-0.39, 0.29) is 31.1 Å². The Morgan fingerprint density at radius 2 is 0.565 bits per heavy atom. The molecular formula is C63H116O6. The third-order valence-corrected chi connectivity index (χ3v) is 13.7. The highest BCUT2D eigenvalue weighted by Crippen LogP contribution is 2.18. The third kappa shape index (κ3) is 56.4. The molecule has 69 heavy (non-hydrogen) atoms. The summed E-state index contributed by atoms with van der Waals surface area (Å²) >= 11 is 0. The van der Waals surface area contributed by atoms with E-state index in [1.165, 1.54) is 205 Å². The molecule has 0 aromatic rings. The van der Waals surface area contributed by atoms with Crippen LogP contribution < -0.4 is 0 Å². The molecule has 0 aromatic carbocycles. The molecule has 0 rings (SSSR count). The Morgan fingerprint density at radius 3 is 0.884 bits per heavy atom. The Balaban J connectivity index is 4.11. The Bertz CT molecular complexity index is 1160. The first-order chi connectivity index (χ1) is 34.0. The molecule has 0 amide bonds. The van der Waals surface area contributed by atoms with Crippen LogP contribution in [0.5, 0.6) is 0 Å². The molecule has 6 nitrogen and oxygen atoms in total. The van der Waals surface area contributed by atoms with Crippen molar-refractivity contribution in [1.29, 1.82) is 0 Å². The first-order valence-corrected chi connectivity index (χ1v) is 30.5. The van der Waals surface area contributed by atoms with Gasteiger partial charge in [-0.3, -0.25) is 14.4 Å². The number of ether oxygens (including phenoxy) is 3. The topological polar surface area (TPSA) is 78.9 Å². The molecule has 0 radical (unpaired) electrons. The Hall–Kier alpha value is -2.37. The molecule has 0 heterocycles. The largest absolute Gasteiger partial charge is 0.462 e. The minimum atomic E-state index is -0.772. The number of carbonyl (C=O) groups excluding carboxylic acids is 3. The zero-order valence-corrected chi connectivity index (χ0v) is 46.3. The van der Waals surface area contributed by atoms with Crippen molar-refractivity contribution in [3.8, 4) is 0 Å². The normalized spacial score (nSPS) is 12.2. The number of hydrogen-bond donors (Lipinski definition) is 0. The fraction of sp³-hybridized carbons (Fsp3) is 0.857. The summed E-state index contributed by atoms with van der Waals surface area (Å²) in [6, 6.07) is 0. The van der Waals surface area contributed by atoms with Crippen LogP contribution in [0.1, 0.15) is 329 Å². The Kier molecular flexibility index (Phi) is 56.2. The van der Waals surface area contributed by atoms with Gasteiger partial charge in [0.15, 0.2) is 6.10 Å². The average molecular weight is 970 g/mol. The van der Waals surface area contributed by atoms with Gasteiger partial charge < -0.3 is 14.2 Å². The van der Waals surface area contributed by atoms with Gasteiger partial charge in [0.05, 0.1) is 0 Å². The summed E-state index contributed by atoms with van der Waals surface area (Å²) in [5.41, 5.74) is 0. The summed E-state index contributed by atoms with van der Waals surface area (Å²) in [4.78, 5) is 38.0. The lowest BCUT2D eigenvalue weighted by atomic mass is 10.0. The Morgan fingerprint density at radius 1 is 0.304 bits per heavy atom. The van der Waals surface area contributed by atoms with Crippen LogP contribution >= 0.6 is 0 Å². The van der Waals surface area contributed by atoms with E-state index in [1.54, 1.807) is 0 Å². The van der Waals surface area contributed by atoms with E-state index < -0.39 is 6.10 Å². The molecule has 0 aliphatic rings. The number of esters is 3. The van der Waals surface area contributed by atoms with Gasteiger partial charge >= 0.3 is 17.9 Å². The lowest BCUT2D eigenvalue weighted by Gasteiger charge is -2.18. The van der Waals surface area contributed by atoms with Gasteiger partial charge in [-0.15, -0.1) is 0 Å². The van der Waals surface area contributed by atoms with Gasteiger partial charge in [-0.1, -0.05) is 295 Å². The summed E-state index contributed by atoms with van der Waals surface area (Å²) in [7, 11) is 0. The lowest BCUT2D eigenvalue weighted by molar-refractivity contribution is -0.167. The first kappa shape index (κ1) is 66.6. The van der Waals surface area contributed by atoms with Gasteiger partial charge in [0.25, 0.3) is 0 Å². The van der Waals surface area contributed by atoms with Crippen LogP contribution in [0.2, 0.25) is 0 Å². The van der Waals surface area contributed by atoms with Gasteiger partial charge in [-0.05, 0) is 51.4 Å². The molecule has 6 heteroatoms. The van der Waals surface area contributed by atoms with Gasteiger partial charge in [0.1, 0.15) is 13.2 Å². The van der Waals surface area contributed by atoms with Crippen LogP contribution in [0.15, 0.2) is 36.5 Å². The number of hydrogen-bond acceptors (Lipinski definition) is 6. The second-order valence-electron chi connectivity index (χ2n) is 20.6. The Labute approximate surface area is 429 Å². The molecule has 0 spiro atoms. The van der Waals surface area contributed by atoms with Gasteiger partial charge in [-0.2, -0.15) is 0 Å². The van der Waals surface area contributed by atoms with E-state index in [1.807, 2.05) is 0 Å². The number of carbonyl (C=O) groups is 3. The van der Waals surface area contributed by atoms with Crippen molar-refractivity contribution < 1.29 is 28.6 Å². The lowest BCUT2D eigenvalue weighted by Crippen LogP contribution is -2.30. The highest BCUT2D eigenvalue weighted by atomic mass is 16.6. The van der Waals surface area contributed by atoms with Gasteiger partial charge in [-0.25, -0.2) is 0 Å². The maximum absolute atomic E-state index is 12.8. The van der Waals surface area contributed by atoms with Crippen LogP contribution in [0.25, 0.3) is 0 Å². The molecule has 0 fully saturated rings. The highest BCUT2D eigenvalue weighted by Gasteiger charge is 2.19. The van der Waals surface area contributed by atoms with E-state index in [0.717, 1.165) is 83.5 Å². The van der Waals surface area contributed by atoms with Gasteiger partial charge in [0.2, 0.25) is 0 Å². The van der Waals surface area contributed by atoms with Crippen LogP contribution in [0.3, 0.4) is 0 Å². The fourth-order valence-corrected chi connectivity index (χ4v) is 9.11. The minimum absolute atomic E-state index is 0.0718. The minimum Gasteiger partial charge on any atom is -0.462 e. The first-order valence-electron chi connectivity index (χ1n) is 30.5. The van der Waals surface area contributed by atoms with Crippen molar-refractivity contribution in [2.75, 3.05) is 13.2 Å². The summed E-state index contributed by atoms with van der Waals surface area (Å²) < 4.78 is 16.8. The molecule has 0 N–H and O–H groups in total. The summed E-state index contributed by atoms with van der Waals surface area (Å²) in [6.07, 6.45) is 70.3. The second kappa shape index (κ2) is 58.2. The molecule has 404 valence electrons. The van der Waals surface area contributed by atoms with Crippen molar-refractivity contribution in [3.63, 3.8) is 0 Å². The molecule has 0 aromatic heterocycles. The zero-order valence-electron chi connectivity index (χ0n) is 46.3. The number of unbranched alkanes of at least 4 members (excludes halogenated alkanes) is 39. The standard InChI is InChI=1S/C63H116O6/c1-4-7-10-13-16-19-21-23-25-27-28-29-30-31-32-33-34-35-37-38-40-42-44-47-50-53-56-62(65)68-59-60(58-67-61(64)55-52-49-46-18-15-12-9-6-3)69-63(66)57-54-51-48-45-43-41-39-36-26-24-22-20-17-14-11-8-5-2/h8,11,17,20,24,26,60H,4-7,9-10,12-16,18-19,21-23,25,27-59H2,1-3H3/b11-8-,20-17-,26-24-. The van der Waals surface area contributed by atoms with Crippen molar-refractivity contribution in [2.24, 2.45) is 0 Å². The zero-order chi connectivity index (χ0) is 50.0. The predicted molar refractivity (Wildman–Crippen MR) is 298 cm³/mol. The monoisotopic (exact) mass is 969 g/mol. The summed E-state index contributed by atoms with van der Waals surface area (Å²) in [6.45, 7) is 6.54. The predicted octanol–water partition coefficient (Wildman–Crippen LogP) is 20.4. The molecular weight excluding hydrogens is 853 g/mol. The molecule has 1 unspecified atom stereocenters. The van der Waals surface area contributed by atoms with Crippen molar-refractivity contribution in [2.45, 2.75) is 335 Å². The molecule has 1 atom stereocenters. The third-order valence-electron chi connectivity index (χ3n) is 13.7.